The molecule has 2 atom stereocenters. The van der Waals surface area contributed by atoms with Crippen LogP contribution in [0.15, 0.2) is 0 Å². The third-order valence-corrected chi connectivity index (χ3v) is 5.21. The Kier molecular flexibility index (Phi) is 4.58. The van der Waals surface area contributed by atoms with E-state index in [-0.39, 0.29) is 4.75 Å². The highest BCUT2D eigenvalue weighted by Gasteiger charge is 2.34. The summed E-state index contributed by atoms with van der Waals surface area (Å²) >= 11 is 0. The van der Waals surface area contributed by atoms with Crippen molar-refractivity contribution >= 4 is 11.0 Å². The molecule has 0 aromatic heterocycles. The van der Waals surface area contributed by atoms with Gasteiger partial charge in [-0.2, -0.15) is 0 Å². The number of hydrogen-bond acceptors (Lipinski definition) is 1. The summed E-state index contributed by atoms with van der Waals surface area (Å²) in [6.07, 6.45) is 9.20. The molecule has 92 valence electrons. The SMILES string of the molecule is C#CCN([C@@H](C)C1CCC1)[S@](=O)C(C)(C)C. The molecule has 1 fully saturated rings. The summed E-state index contributed by atoms with van der Waals surface area (Å²) in [5, 5.41) is 0. The van der Waals surface area contributed by atoms with Crippen molar-refractivity contribution in [1.82, 2.24) is 4.31 Å². The van der Waals surface area contributed by atoms with Crippen LogP contribution in [0, 0.1) is 18.3 Å². The van der Waals surface area contributed by atoms with Gasteiger partial charge in [0.1, 0.15) is 11.0 Å². The molecule has 0 aromatic carbocycles. The molecule has 0 saturated heterocycles. The van der Waals surface area contributed by atoms with Crippen LogP contribution in [0.2, 0.25) is 0 Å². The van der Waals surface area contributed by atoms with Crippen molar-refractivity contribution < 1.29 is 4.21 Å². The highest BCUT2D eigenvalue weighted by atomic mass is 32.2. The quantitative estimate of drug-likeness (QED) is 0.693. The molecule has 1 saturated carbocycles. The summed E-state index contributed by atoms with van der Waals surface area (Å²) in [6, 6.07) is 0.338. The van der Waals surface area contributed by atoms with Crippen LogP contribution >= 0.6 is 0 Å². The minimum atomic E-state index is -1.00. The molecule has 1 rings (SSSR count). The van der Waals surface area contributed by atoms with E-state index in [9.17, 15) is 4.21 Å². The predicted molar refractivity (Wildman–Crippen MR) is 70.2 cm³/mol. The third kappa shape index (κ3) is 3.09. The lowest BCUT2D eigenvalue weighted by Crippen LogP contribution is -2.47. The second-order valence-corrected chi connectivity index (χ2v) is 7.76. The lowest BCUT2D eigenvalue weighted by molar-refractivity contribution is 0.187. The van der Waals surface area contributed by atoms with Crippen molar-refractivity contribution in [3.63, 3.8) is 0 Å². The maximum atomic E-state index is 12.4. The fourth-order valence-electron chi connectivity index (χ4n) is 1.95. The number of nitrogens with zero attached hydrogens (tertiary/aromatic N) is 1. The molecule has 0 heterocycles. The van der Waals surface area contributed by atoms with E-state index in [2.05, 4.69) is 12.8 Å². The van der Waals surface area contributed by atoms with E-state index < -0.39 is 11.0 Å². The predicted octanol–water partition coefficient (Wildman–Crippen LogP) is 2.57. The highest BCUT2D eigenvalue weighted by Crippen LogP contribution is 2.33. The fourth-order valence-corrected chi connectivity index (χ4v) is 3.32. The average molecular weight is 241 g/mol. The fraction of sp³-hybridized carbons (Fsp3) is 0.846. The van der Waals surface area contributed by atoms with Gasteiger partial charge in [0.15, 0.2) is 0 Å². The van der Waals surface area contributed by atoms with Gasteiger partial charge in [-0.05, 0) is 46.5 Å². The van der Waals surface area contributed by atoms with E-state index in [1.54, 1.807) is 0 Å². The van der Waals surface area contributed by atoms with Crippen molar-refractivity contribution in [2.24, 2.45) is 5.92 Å². The smallest absolute Gasteiger partial charge is 0.101 e. The van der Waals surface area contributed by atoms with E-state index in [0.29, 0.717) is 18.5 Å². The molecule has 0 unspecified atom stereocenters. The summed E-state index contributed by atoms with van der Waals surface area (Å²) in [5.74, 6) is 3.32. The van der Waals surface area contributed by atoms with Crippen LogP contribution in [0.3, 0.4) is 0 Å². The lowest BCUT2D eigenvalue weighted by atomic mass is 9.80. The van der Waals surface area contributed by atoms with Crippen molar-refractivity contribution in [2.45, 2.75) is 57.7 Å². The Labute approximate surface area is 102 Å². The van der Waals surface area contributed by atoms with Gasteiger partial charge in [-0.3, -0.25) is 0 Å². The van der Waals surface area contributed by atoms with Gasteiger partial charge in [-0.1, -0.05) is 12.3 Å². The number of hydrogen-bond donors (Lipinski definition) is 0. The first kappa shape index (κ1) is 13.7. The third-order valence-electron chi connectivity index (χ3n) is 3.27. The molecule has 0 aromatic rings. The van der Waals surface area contributed by atoms with Gasteiger partial charge in [0.05, 0.1) is 11.3 Å². The Balaban J connectivity index is 2.73. The monoisotopic (exact) mass is 241 g/mol. The molecule has 0 N–H and O–H groups in total. The van der Waals surface area contributed by atoms with Gasteiger partial charge in [0, 0.05) is 6.04 Å². The maximum Gasteiger partial charge on any atom is 0.101 e. The molecular weight excluding hydrogens is 218 g/mol. The Morgan fingerprint density at radius 3 is 2.38 bits per heavy atom. The topological polar surface area (TPSA) is 20.3 Å². The molecule has 2 nitrogen and oxygen atoms in total. The van der Waals surface area contributed by atoms with Gasteiger partial charge in [0.2, 0.25) is 0 Å². The molecule has 0 radical (unpaired) electrons. The molecule has 3 heteroatoms. The Morgan fingerprint density at radius 2 is 2.06 bits per heavy atom. The minimum Gasteiger partial charge on any atom is -0.242 e. The molecule has 0 spiro atoms. The van der Waals surface area contributed by atoms with Crippen LogP contribution in [0.1, 0.15) is 47.0 Å². The summed E-state index contributed by atoms with van der Waals surface area (Å²) in [6.45, 7) is 8.65. The van der Waals surface area contributed by atoms with Crippen LogP contribution in [0.4, 0.5) is 0 Å². The van der Waals surface area contributed by atoms with E-state index >= 15 is 0 Å². The van der Waals surface area contributed by atoms with Gasteiger partial charge in [-0.25, -0.2) is 8.51 Å². The normalized spacial score (nSPS) is 21.2. The molecule has 0 aliphatic heterocycles. The van der Waals surface area contributed by atoms with E-state index in [4.69, 9.17) is 6.42 Å². The van der Waals surface area contributed by atoms with Gasteiger partial charge < -0.3 is 0 Å². The first-order chi connectivity index (χ1) is 7.38. The van der Waals surface area contributed by atoms with Gasteiger partial charge in [-0.15, -0.1) is 6.42 Å². The zero-order chi connectivity index (χ0) is 12.3. The van der Waals surface area contributed by atoms with Crippen molar-refractivity contribution in [3.8, 4) is 12.3 Å². The molecule has 1 aliphatic rings. The van der Waals surface area contributed by atoms with E-state index in [1.807, 2.05) is 25.1 Å². The first-order valence-corrected chi connectivity index (χ1v) is 7.10. The second-order valence-electron chi connectivity index (χ2n) is 5.57. The highest BCUT2D eigenvalue weighted by molar-refractivity contribution is 7.84. The van der Waals surface area contributed by atoms with Crippen LogP contribution in [-0.2, 0) is 11.0 Å². The Bertz CT molecular complexity index is 296. The average Bonchev–Trinajstić information content (AvgIpc) is 2.08. The largest absolute Gasteiger partial charge is 0.242 e. The molecular formula is C13H23NOS. The van der Waals surface area contributed by atoms with Crippen molar-refractivity contribution in [2.75, 3.05) is 6.54 Å². The van der Waals surface area contributed by atoms with E-state index in [0.717, 1.165) is 0 Å². The van der Waals surface area contributed by atoms with Gasteiger partial charge in [0.25, 0.3) is 0 Å². The summed E-state index contributed by atoms with van der Waals surface area (Å²) in [7, 11) is -1.00. The summed E-state index contributed by atoms with van der Waals surface area (Å²) < 4.78 is 14.1. The van der Waals surface area contributed by atoms with Crippen LogP contribution in [0.5, 0.6) is 0 Å². The zero-order valence-electron chi connectivity index (χ0n) is 10.8. The maximum absolute atomic E-state index is 12.4. The molecule has 1 aliphatic carbocycles. The summed E-state index contributed by atoms with van der Waals surface area (Å²) in [5.41, 5.74) is 0. The first-order valence-electron chi connectivity index (χ1n) is 6.00. The lowest BCUT2D eigenvalue weighted by Gasteiger charge is -2.39. The van der Waals surface area contributed by atoms with Crippen LogP contribution in [0.25, 0.3) is 0 Å². The Morgan fingerprint density at radius 1 is 1.50 bits per heavy atom. The number of rotatable bonds is 4. The summed E-state index contributed by atoms with van der Waals surface area (Å²) in [4.78, 5) is 0. The minimum absolute atomic E-state index is 0.227. The van der Waals surface area contributed by atoms with Crippen LogP contribution < -0.4 is 0 Å². The molecule has 0 amide bonds. The van der Waals surface area contributed by atoms with E-state index in [1.165, 1.54) is 19.3 Å². The van der Waals surface area contributed by atoms with Crippen molar-refractivity contribution in [3.05, 3.63) is 0 Å². The standard InChI is InChI=1S/C13H23NOS/c1-6-10-14(16(15)13(3,4)5)11(2)12-8-7-9-12/h1,11-12H,7-10H2,2-5H3/t11-,16+/m0/s1. The zero-order valence-corrected chi connectivity index (χ0v) is 11.6. The molecule has 16 heavy (non-hydrogen) atoms. The second kappa shape index (κ2) is 5.33. The Hall–Kier alpha value is -0.330. The van der Waals surface area contributed by atoms with Crippen LogP contribution in [-0.4, -0.2) is 25.8 Å². The molecule has 0 bridgehead atoms. The van der Waals surface area contributed by atoms with Gasteiger partial charge >= 0.3 is 0 Å². The number of terminal acetylenes is 1. The van der Waals surface area contributed by atoms with Crippen molar-refractivity contribution in [1.29, 1.82) is 0 Å².